The van der Waals surface area contributed by atoms with Gasteiger partial charge in [-0.2, -0.15) is 5.10 Å². The van der Waals surface area contributed by atoms with E-state index in [-0.39, 0.29) is 17.7 Å². The van der Waals surface area contributed by atoms with Crippen LogP contribution in [0.25, 0.3) is 5.82 Å². The van der Waals surface area contributed by atoms with Crippen molar-refractivity contribution in [3.63, 3.8) is 0 Å². The average molecular weight is 311 g/mol. The highest BCUT2D eigenvalue weighted by molar-refractivity contribution is 5.92. The Balaban J connectivity index is 1.81. The summed E-state index contributed by atoms with van der Waals surface area (Å²) in [6.07, 6.45) is 4.72. The molecular formula is C16H17N5O2. The van der Waals surface area contributed by atoms with Crippen LogP contribution in [-0.2, 0) is 0 Å². The molecule has 0 fully saturated rings. The number of nitrogens with one attached hydrogen (secondary N) is 1. The predicted octanol–water partition coefficient (Wildman–Crippen LogP) is 2.36. The summed E-state index contributed by atoms with van der Waals surface area (Å²) < 4.78 is 6.86. The lowest BCUT2D eigenvalue weighted by Crippen LogP contribution is -2.27. The molecule has 118 valence electrons. The molecule has 0 aliphatic rings. The summed E-state index contributed by atoms with van der Waals surface area (Å²) in [6, 6.07) is 5.42. The lowest BCUT2D eigenvalue weighted by Gasteiger charge is -2.13. The Morgan fingerprint density at radius 1 is 1.30 bits per heavy atom. The van der Waals surface area contributed by atoms with E-state index in [1.54, 1.807) is 24.0 Å². The second-order valence-electron chi connectivity index (χ2n) is 5.25. The fourth-order valence-electron chi connectivity index (χ4n) is 2.42. The van der Waals surface area contributed by atoms with E-state index in [2.05, 4.69) is 20.4 Å². The quantitative estimate of drug-likeness (QED) is 0.799. The molecule has 3 aromatic rings. The van der Waals surface area contributed by atoms with E-state index < -0.39 is 0 Å². The third-order valence-electron chi connectivity index (χ3n) is 3.68. The molecule has 3 rings (SSSR count). The molecule has 0 aliphatic heterocycles. The van der Waals surface area contributed by atoms with Crippen LogP contribution >= 0.6 is 0 Å². The van der Waals surface area contributed by atoms with Crippen LogP contribution in [-0.4, -0.2) is 25.7 Å². The molecule has 1 atom stereocenters. The Kier molecular flexibility index (Phi) is 3.92. The maximum Gasteiger partial charge on any atom is 0.289 e. The SMILES string of the molecule is Cc1ncoc1C(=O)NC(C)c1cnn(-c2ccccn2)c1C. The Morgan fingerprint density at radius 2 is 2.13 bits per heavy atom. The molecule has 0 radical (unpaired) electrons. The zero-order valence-corrected chi connectivity index (χ0v) is 13.1. The molecule has 0 aliphatic carbocycles. The number of oxazole rings is 1. The lowest BCUT2D eigenvalue weighted by atomic mass is 10.1. The van der Waals surface area contributed by atoms with Crippen LogP contribution in [0.3, 0.4) is 0 Å². The second-order valence-corrected chi connectivity index (χ2v) is 5.25. The van der Waals surface area contributed by atoms with Crippen LogP contribution in [0, 0.1) is 13.8 Å². The van der Waals surface area contributed by atoms with Crippen LogP contribution in [0.1, 0.15) is 40.5 Å². The summed E-state index contributed by atoms with van der Waals surface area (Å²) in [6.45, 7) is 5.57. The summed E-state index contributed by atoms with van der Waals surface area (Å²) in [5.41, 5.74) is 2.41. The summed E-state index contributed by atoms with van der Waals surface area (Å²) in [7, 11) is 0. The number of aromatic nitrogens is 4. The van der Waals surface area contributed by atoms with Crippen molar-refractivity contribution in [1.29, 1.82) is 0 Å². The molecular weight excluding hydrogens is 294 g/mol. The number of hydrogen-bond acceptors (Lipinski definition) is 5. The molecule has 0 saturated carbocycles. The number of carbonyl (C=O) groups excluding carboxylic acids is 1. The monoisotopic (exact) mass is 311 g/mol. The number of carbonyl (C=O) groups is 1. The van der Waals surface area contributed by atoms with Gasteiger partial charge in [0.2, 0.25) is 5.76 Å². The van der Waals surface area contributed by atoms with Gasteiger partial charge in [-0.1, -0.05) is 6.07 Å². The van der Waals surface area contributed by atoms with Gasteiger partial charge in [0.1, 0.15) is 0 Å². The van der Waals surface area contributed by atoms with Crippen LogP contribution in [0.5, 0.6) is 0 Å². The van der Waals surface area contributed by atoms with Gasteiger partial charge in [0, 0.05) is 17.5 Å². The first-order valence-electron chi connectivity index (χ1n) is 7.25. The number of amides is 1. The summed E-state index contributed by atoms with van der Waals surface area (Å²) in [5, 5.41) is 7.26. The number of aryl methyl sites for hydroxylation is 1. The van der Waals surface area contributed by atoms with Gasteiger partial charge >= 0.3 is 0 Å². The van der Waals surface area contributed by atoms with Gasteiger partial charge in [-0.3, -0.25) is 4.79 Å². The minimum Gasteiger partial charge on any atom is -0.438 e. The Morgan fingerprint density at radius 3 is 2.78 bits per heavy atom. The Hall–Kier alpha value is -2.96. The summed E-state index contributed by atoms with van der Waals surface area (Å²) in [4.78, 5) is 20.4. The number of hydrogen-bond donors (Lipinski definition) is 1. The van der Waals surface area contributed by atoms with Crippen molar-refractivity contribution in [1.82, 2.24) is 25.1 Å². The van der Waals surface area contributed by atoms with Gasteiger partial charge in [-0.05, 0) is 32.9 Å². The molecule has 3 heterocycles. The first kappa shape index (κ1) is 15.0. The number of pyridine rings is 1. The molecule has 7 heteroatoms. The lowest BCUT2D eigenvalue weighted by molar-refractivity contribution is 0.0911. The molecule has 0 spiro atoms. The van der Waals surface area contributed by atoms with Gasteiger partial charge in [0.05, 0.1) is 17.9 Å². The van der Waals surface area contributed by atoms with Crippen LogP contribution in [0.15, 0.2) is 41.4 Å². The highest BCUT2D eigenvalue weighted by Crippen LogP contribution is 2.20. The standard InChI is InChI=1S/C16H17N5O2/c1-10(20-16(22)15-11(2)18-9-23-15)13-8-19-21(12(13)3)14-6-4-5-7-17-14/h4-10H,1-3H3,(H,20,22). The molecule has 0 bridgehead atoms. The Labute approximate surface area is 133 Å². The summed E-state index contributed by atoms with van der Waals surface area (Å²) >= 11 is 0. The minimum absolute atomic E-state index is 0.218. The van der Waals surface area contributed by atoms with Gasteiger partial charge < -0.3 is 9.73 Å². The van der Waals surface area contributed by atoms with Crippen molar-refractivity contribution in [3.8, 4) is 5.82 Å². The van der Waals surface area contributed by atoms with E-state index in [1.165, 1.54) is 6.39 Å². The van der Waals surface area contributed by atoms with Crippen molar-refractivity contribution >= 4 is 5.91 Å². The topological polar surface area (TPSA) is 85.8 Å². The second kappa shape index (κ2) is 6.04. The molecule has 0 aromatic carbocycles. The fourth-order valence-corrected chi connectivity index (χ4v) is 2.42. The van der Waals surface area contributed by atoms with E-state index in [0.29, 0.717) is 5.69 Å². The Bertz CT molecular complexity index is 822. The largest absolute Gasteiger partial charge is 0.438 e. The maximum absolute atomic E-state index is 12.2. The molecule has 1 amide bonds. The van der Waals surface area contributed by atoms with Crippen molar-refractivity contribution in [2.75, 3.05) is 0 Å². The third-order valence-corrected chi connectivity index (χ3v) is 3.68. The predicted molar refractivity (Wildman–Crippen MR) is 83.2 cm³/mol. The van der Waals surface area contributed by atoms with Gasteiger partial charge in [0.15, 0.2) is 12.2 Å². The van der Waals surface area contributed by atoms with Crippen molar-refractivity contribution < 1.29 is 9.21 Å². The highest BCUT2D eigenvalue weighted by atomic mass is 16.3. The van der Waals surface area contributed by atoms with Crippen LogP contribution in [0.4, 0.5) is 0 Å². The maximum atomic E-state index is 12.2. The smallest absolute Gasteiger partial charge is 0.289 e. The van der Waals surface area contributed by atoms with Crippen molar-refractivity contribution in [3.05, 3.63) is 59.7 Å². The zero-order chi connectivity index (χ0) is 16.4. The normalized spacial score (nSPS) is 12.1. The highest BCUT2D eigenvalue weighted by Gasteiger charge is 2.20. The van der Waals surface area contributed by atoms with E-state index in [0.717, 1.165) is 17.1 Å². The average Bonchev–Trinajstić information content (AvgIpc) is 3.14. The number of nitrogens with zero attached hydrogens (tertiary/aromatic N) is 4. The molecule has 3 aromatic heterocycles. The molecule has 23 heavy (non-hydrogen) atoms. The van der Waals surface area contributed by atoms with E-state index in [1.807, 2.05) is 32.0 Å². The van der Waals surface area contributed by atoms with Crippen molar-refractivity contribution in [2.45, 2.75) is 26.8 Å². The van der Waals surface area contributed by atoms with Gasteiger partial charge in [0.25, 0.3) is 5.91 Å². The van der Waals surface area contributed by atoms with Crippen LogP contribution < -0.4 is 5.32 Å². The minimum atomic E-state index is -0.294. The fraction of sp³-hybridized carbons (Fsp3) is 0.250. The molecule has 1 unspecified atom stereocenters. The third kappa shape index (κ3) is 2.85. The summed E-state index contributed by atoms with van der Waals surface area (Å²) in [5.74, 6) is 0.671. The van der Waals surface area contributed by atoms with E-state index in [9.17, 15) is 4.79 Å². The van der Waals surface area contributed by atoms with E-state index >= 15 is 0 Å². The molecule has 0 saturated heterocycles. The first-order chi connectivity index (χ1) is 11.1. The first-order valence-corrected chi connectivity index (χ1v) is 7.25. The molecule has 7 nitrogen and oxygen atoms in total. The van der Waals surface area contributed by atoms with E-state index in [4.69, 9.17) is 4.42 Å². The zero-order valence-electron chi connectivity index (χ0n) is 13.1. The van der Waals surface area contributed by atoms with Gasteiger partial charge in [-0.25, -0.2) is 14.6 Å². The number of rotatable bonds is 4. The van der Waals surface area contributed by atoms with Gasteiger partial charge in [-0.15, -0.1) is 0 Å². The van der Waals surface area contributed by atoms with Crippen molar-refractivity contribution in [2.24, 2.45) is 0 Å². The van der Waals surface area contributed by atoms with Crippen LogP contribution in [0.2, 0.25) is 0 Å². The molecule has 1 N–H and O–H groups in total.